The number of carbonyl (C=O) groups is 1. The molecule has 5 nitrogen and oxygen atoms in total. The highest BCUT2D eigenvalue weighted by atomic mass is 32.2. The molecular formula is C20H28N2O3S. The molecule has 0 bridgehead atoms. The van der Waals surface area contributed by atoms with E-state index in [-0.39, 0.29) is 18.0 Å². The van der Waals surface area contributed by atoms with E-state index in [0.717, 1.165) is 43.4 Å². The van der Waals surface area contributed by atoms with Crippen LogP contribution in [0, 0.1) is 5.92 Å². The molecule has 1 amide bonds. The van der Waals surface area contributed by atoms with E-state index >= 15 is 0 Å². The third-order valence-electron chi connectivity index (χ3n) is 6.40. The van der Waals surface area contributed by atoms with Crippen LogP contribution in [0.1, 0.15) is 57.9 Å². The number of anilines is 1. The molecule has 0 radical (unpaired) electrons. The van der Waals surface area contributed by atoms with Crippen LogP contribution in [0.25, 0.3) is 0 Å². The lowest BCUT2D eigenvalue weighted by atomic mass is 9.79. The van der Waals surface area contributed by atoms with Crippen molar-refractivity contribution in [2.24, 2.45) is 5.92 Å². The maximum absolute atomic E-state index is 13.4. The molecule has 1 aromatic rings. The highest BCUT2D eigenvalue weighted by Gasteiger charge is 2.40. The maximum Gasteiger partial charge on any atom is 0.243 e. The van der Waals surface area contributed by atoms with E-state index in [1.807, 2.05) is 13.0 Å². The number of sulfonamides is 1. The van der Waals surface area contributed by atoms with E-state index in [0.29, 0.717) is 23.8 Å². The van der Waals surface area contributed by atoms with Crippen LogP contribution >= 0.6 is 0 Å². The molecule has 3 aliphatic rings. The van der Waals surface area contributed by atoms with Crippen LogP contribution < -0.4 is 4.90 Å². The van der Waals surface area contributed by atoms with Crippen LogP contribution in [-0.4, -0.2) is 37.3 Å². The monoisotopic (exact) mass is 376 g/mol. The zero-order valence-corrected chi connectivity index (χ0v) is 16.5. The van der Waals surface area contributed by atoms with Crippen LogP contribution in [0.5, 0.6) is 0 Å². The van der Waals surface area contributed by atoms with Gasteiger partial charge in [-0.2, -0.15) is 4.31 Å². The lowest BCUT2D eigenvalue weighted by molar-refractivity contribution is -0.116. The Labute approximate surface area is 156 Å². The molecule has 1 saturated carbocycles. The van der Waals surface area contributed by atoms with Crippen LogP contribution in [0.2, 0.25) is 0 Å². The number of hydrogen-bond acceptors (Lipinski definition) is 3. The van der Waals surface area contributed by atoms with Gasteiger partial charge in [-0.3, -0.25) is 4.79 Å². The van der Waals surface area contributed by atoms with Gasteiger partial charge in [-0.25, -0.2) is 8.42 Å². The normalized spacial score (nSPS) is 29.3. The fourth-order valence-corrected chi connectivity index (χ4v) is 7.07. The van der Waals surface area contributed by atoms with Crippen molar-refractivity contribution in [1.82, 2.24) is 4.31 Å². The molecule has 1 aromatic carbocycles. The number of nitrogens with zero attached hydrogens (tertiary/aromatic N) is 2. The Bertz CT molecular complexity index is 818. The topological polar surface area (TPSA) is 57.7 Å². The van der Waals surface area contributed by atoms with E-state index in [2.05, 4.69) is 0 Å². The number of hydrogen-bond donors (Lipinski definition) is 0. The summed E-state index contributed by atoms with van der Waals surface area (Å²) in [6.45, 7) is 4.20. The fourth-order valence-electron chi connectivity index (χ4n) is 5.26. The Balaban J connectivity index is 1.67. The number of benzene rings is 1. The minimum Gasteiger partial charge on any atom is -0.309 e. The molecule has 26 heavy (non-hydrogen) atoms. The van der Waals surface area contributed by atoms with Crippen molar-refractivity contribution in [3.63, 3.8) is 0 Å². The predicted octanol–water partition coefficient (Wildman–Crippen LogP) is 3.33. The molecule has 1 saturated heterocycles. The van der Waals surface area contributed by atoms with Crippen LogP contribution in [0.3, 0.4) is 0 Å². The van der Waals surface area contributed by atoms with E-state index in [9.17, 15) is 13.2 Å². The van der Waals surface area contributed by atoms with E-state index in [1.54, 1.807) is 28.3 Å². The van der Waals surface area contributed by atoms with Gasteiger partial charge in [0.1, 0.15) is 0 Å². The van der Waals surface area contributed by atoms with E-state index in [1.165, 1.54) is 6.42 Å². The van der Waals surface area contributed by atoms with Gasteiger partial charge in [-0.1, -0.05) is 12.8 Å². The van der Waals surface area contributed by atoms with Gasteiger partial charge < -0.3 is 4.90 Å². The molecule has 2 aliphatic heterocycles. The van der Waals surface area contributed by atoms with Crippen molar-refractivity contribution < 1.29 is 13.2 Å². The summed E-state index contributed by atoms with van der Waals surface area (Å²) in [5, 5.41) is 0. The third-order valence-corrected chi connectivity index (χ3v) is 8.33. The predicted molar refractivity (Wildman–Crippen MR) is 102 cm³/mol. The molecule has 6 heteroatoms. The Morgan fingerprint density at radius 3 is 2.62 bits per heavy atom. The summed E-state index contributed by atoms with van der Waals surface area (Å²) < 4.78 is 28.5. The minimum atomic E-state index is -3.48. The average molecular weight is 377 g/mol. The first-order chi connectivity index (χ1) is 12.4. The van der Waals surface area contributed by atoms with Gasteiger partial charge in [0.25, 0.3) is 0 Å². The number of carbonyl (C=O) groups excluding carboxylic acids is 1. The smallest absolute Gasteiger partial charge is 0.243 e. The largest absolute Gasteiger partial charge is 0.309 e. The van der Waals surface area contributed by atoms with Crippen molar-refractivity contribution in [3.8, 4) is 0 Å². The molecule has 3 atom stereocenters. The molecule has 2 fully saturated rings. The highest BCUT2D eigenvalue weighted by Crippen LogP contribution is 2.39. The summed E-state index contributed by atoms with van der Waals surface area (Å²) in [4.78, 5) is 14.1. The zero-order chi connectivity index (χ0) is 18.5. The number of piperidine rings is 1. The molecule has 1 aliphatic carbocycles. The first kappa shape index (κ1) is 18.0. The summed E-state index contributed by atoms with van der Waals surface area (Å²) >= 11 is 0. The summed E-state index contributed by atoms with van der Waals surface area (Å²) in [5.41, 5.74) is 1.82. The van der Waals surface area contributed by atoms with Gasteiger partial charge in [0, 0.05) is 31.2 Å². The summed E-state index contributed by atoms with van der Waals surface area (Å²) in [5.74, 6) is 0.530. The van der Waals surface area contributed by atoms with Gasteiger partial charge in [0.2, 0.25) is 15.9 Å². The summed E-state index contributed by atoms with van der Waals surface area (Å²) in [6.07, 6.45) is 7.34. The Kier molecular flexibility index (Phi) is 4.59. The van der Waals surface area contributed by atoms with Crippen molar-refractivity contribution in [2.45, 2.75) is 75.8 Å². The Hall–Kier alpha value is -1.40. The standard InChI is InChI=1S/C20H28N2O3S/c1-14-12-17-13-18(9-10-20(17)22(14)15(2)23)26(24,25)21-11-5-7-16-6-3-4-8-19(16)21/h9-10,13-14,16,19H,3-8,11-12H2,1-2H3. The fraction of sp³-hybridized carbons (Fsp3) is 0.650. The van der Waals surface area contributed by atoms with Crippen LogP contribution in [-0.2, 0) is 21.2 Å². The number of amides is 1. The molecule has 0 aromatic heterocycles. The molecular weight excluding hydrogens is 348 g/mol. The van der Waals surface area contributed by atoms with Crippen LogP contribution in [0.4, 0.5) is 5.69 Å². The van der Waals surface area contributed by atoms with Crippen molar-refractivity contribution in [1.29, 1.82) is 0 Å². The highest BCUT2D eigenvalue weighted by molar-refractivity contribution is 7.89. The van der Waals surface area contributed by atoms with Gasteiger partial charge in [0.05, 0.1) is 4.90 Å². The number of fused-ring (bicyclic) bond motifs is 2. The van der Waals surface area contributed by atoms with Crippen molar-refractivity contribution in [3.05, 3.63) is 23.8 Å². The second-order valence-corrected chi connectivity index (χ2v) is 9.99. The maximum atomic E-state index is 13.4. The molecule has 3 unspecified atom stereocenters. The summed E-state index contributed by atoms with van der Waals surface area (Å²) in [6, 6.07) is 5.56. The Morgan fingerprint density at radius 1 is 1.12 bits per heavy atom. The molecule has 2 heterocycles. The lowest BCUT2D eigenvalue weighted by Gasteiger charge is -2.43. The van der Waals surface area contributed by atoms with E-state index in [4.69, 9.17) is 0 Å². The van der Waals surface area contributed by atoms with Gasteiger partial charge >= 0.3 is 0 Å². The number of rotatable bonds is 2. The molecule has 4 rings (SSSR count). The molecule has 142 valence electrons. The SMILES string of the molecule is CC(=O)N1c2ccc(S(=O)(=O)N3CCCC4CCCCC43)cc2CC1C. The minimum absolute atomic E-state index is 0.00735. The van der Waals surface area contributed by atoms with Crippen molar-refractivity contribution >= 4 is 21.6 Å². The quantitative estimate of drug-likeness (QED) is 0.795. The lowest BCUT2D eigenvalue weighted by Crippen LogP contribution is -2.49. The second-order valence-electron chi connectivity index (χ2n) is 8.10. The van der Waals surface area contributed by atoms with Gasteiger partial charge in [0.15, 0.2) is 0 Å². The molecule has 0 N–H and O–H groups in total. The van der Waals surface area contributed by atoms with Gasteiger partial charge in [-0.05, 0) is 68.7 Å². The first-order valence-electron chi connectivity index (χ1n) is 9.84. The Morgan fingerprint density at radius 2 is 1.85 bits per heavy atom. The van der Waals surface area contributed by atoms with Crippen LogP contribution in [0.15, 0.2) is 23.1 Å². The molecule has 0 spiro atoms. The summed E-state index contributed by atoms with van der Waals surface area (Å²) in [7, 11) is -3.48. The zero-order valence-electron chi connectivity index (χ0n) is 15.6. The average Bonchev–Trinajstić information content (AvgIpc) is 2.96. The first-order valence-corrected chi connectivity index (χ1v) is 11.3. The van der Waals surface area contributed by atoms with Gasteiger partial charge in [-0.15, -0.1) is 0 Å². The van der Waals surface area contributed by atoms with E-state index < -0.39 is 10.0 Å². The van der Waals surface area contributed by atoms with Crippen molar-refractivity contribution in [2.75, 3.05) is 11.4 Å². The second kappa shape index (κ2) is 6.64. The third kappa shape index (κ3) is 2.87.